The van der Waals surface area contributed by atoms with E-state index in [1.807, 2.05) is 30.3 Å². The molecule has 9 heteroatoms. The fourth-order valence-electron chi connectivity index (χ4n) is 4.54. The van der Waals surface area contributed by atoms with Gasteiger partial charge in [0.25, 0.3) is 0 Å². The van der Waals surface area contributed by atoms with Crippen LogP contribution >= 0.6 is 12.4 Å². The molecule has 1 aromatic carbocycles. The maximum Gasteiger partial charge on any atom is 0.247 e. The number of ether oxygens (including phenoxy) is 1. The summed E-state index contributed by atoms with van der Waals surface area (Å²) in [4.78, 5) is 40.2. The molecule has 1 aliphatic heterocycles. The molecule has 0 bridgehead atoms. The Labute approximate surface area is 215 Å². The normalized spacial score (nSPS) is 18.3. The Morgan fingerprint density at radius 3 is 2.29 bits per heavy atom. The van der Waals surface area contributed by atoms with Crippen molar-refractivity contribution in [2.75, 3.05) is 19.7 Å². The van der Waals surface area contributed by atoms with Gasteiger partial charge in [-0.15, -0.1) is 12.4 Å². The summed E-state index contributed by atoms with van der Waals surface area (Å²) in [6.45, 7) is 4.57. The first-order chi connectivity index (χ1) is 16.2. The van der Waals surface area contributed by atoms with Crippen LogP contribution in [0.25, 0.3) is 0 Å². The lowest BCUT2D eigenvalue weighted by Gasteiger charge is -2.35. The number of piperidine rings is 1. The third-order valence-electron chi connectivity index (χ3n) is 6.71. The van der Waals surface area contributed by atoms with E-state index in [4.69, 9.17) is 10.5 Å². The predicted molar refractivity (Wildman–Crippen MR) is 138 cm³/mol. The number of likely N-dealkylation sites (tertiary alicyclic amines) is 1. The zero-order valence-corrected chi connectivity index (χ0v) is 21.8. The second-order valence-corrected chi connectivity index (χ2v) is 10.2. The Bertz CT molecular complexity index is 816. The van der Waals surface area contributed by atoms with Gasteiger partial charge in [0.15, 0.2) is 0 Å². The lowest BCUT2D eigenvalue weighted by atomic mass is 9.92. The fraction of sp³-hybridized carbons (Fsp3) is 0.654. The standard InChI is InChI=1S/C26H40N4O4.ClH/c1-26(2,27)25(33)29-22(18-34-17-19-9-5-3-6-10-19)24(32)30-15-13-20(14-16-30)23(31)28-21-11-7-4-8-12-21;/h3,5-6,9-10,20-22H,4,7-8,11-18,27H2,1-2H3,(H,28,31)(H,29,33);1H. The molecule has 3 rings (SSSR count). The Kier molecular flexibility index (Phi) is 11.5. The van der Waals surface area contributed by atoms with Crippen molar-refractivity contribution in [1.82, 2.24) is 15.5 Å². The third kappa shape index (κ3) is 9.09. The van der Waals surface area contributed by atoms with E-state index in [0.29, 0.717) is 38.6 Å². The van der Waals surface area contributed by atoms with Crippen LogP contribution in [0.15, 0.2) is 30.3 Å². The second kappa shape index (κ2) is 13.8. The Morgan fingerprint density at radius 1 is 1.06 bits per heavy atom. The summed E-state index contributed by atoms with van der Waals surface area (Å²) in [5.74, 6) is -0.566. The minimum absolute atomic E-state index is 0. The predicted octanol–water partition coefficient (Wildman–Crippen LogP) is 2.53. The smallest absolute Gasteiger partial charge is 0.247 e. The van der Waals surface area contributed by atoms with Crippen molar-refractivity contribution >= 4 is 30.1 Å². The minimum Gasteiger partial charge on any atom is -0.374 e. The quantitative estimate of drug-likeness (QED) is 0.474. The average Bonchev–Trinajstić information content (AvgIpc) is 2.83. The molecular formula is C26H41ClN4O4. The van der Waals surface area contributed by atoms with Crippen molar-refractivity contribution in [3.05, 3.63) is 35.9 Å². The first-order valence-electron chi connectivity index (χ1n) is 12.5. The number of hydrogen-bond acceptors (Lipinski definition) is 5. The molecule has 8 nitrogen and oxygen atoms in total. The Balaban J connectivity index is 0.00000432. The number of halogens is 1. The van der Waals surface area contributed by atoms with Crippen LogP contribution in [-0.2, 0) is 25.7 Å². The number of amides is 3. The van der Waals surface area contributed by atoms with Crippen LogP contribution in [0, 0.1) is 5.92 Å². The third-order valence-corrected chi connectivity index (χ3v) is 6.71. The number of carbonyl (C=O) groups is 3. The number of nitrogens with zero attached hydrogens (tertiary/aromatic N) is 1. The van der Waals surface area contributed by atoms with Gasteiger partial charge in [-0.2, -0.15) is 0 Å². The van der Waals surface area contributed by atoms with Gasteiger partial charge in [-0.3, -0.25) is 14.4 Å². The molecule has 3 amide bonds. The summed E-state index contributed by atoms with van der Waals surface area (Å²) in [6.07, 6.45) is 6.97. The lowest BCUT2D eigenvalue weighted by molar-refractivity contribution is -0.141. The average molecular weight is 509 g/mol. The van der Waals surface area contributed by atoms with Crippen LogP contribution in [0.4, 0.5) is 0 Å². The number of nitrogens with one attached hydrogen (secondary N) is 2. The summed E-state index contributed by atoms with van der Waals surface area (Å²) in [5, 5.41) is 5.98. The van der Waals surface area contributed by atoms with Gasteiger partial charge in [0.05, 0.1) is 18.8 Å². The summed E-state index contributed by atoms with van der Waals surface area (Å²) in [6, 6.07) is 9.14. The van der Waals surface area contributed by atoms with Crippen molar-refractivity contribution < 1.29 is 19.1 Å². The van der Waals surface area contributed by atoms with Crippen LogP contribution in [0.1, 0.15) is 64.4 Å². The van der Waals surface area contributed by atoms with Crippen LogP contribution in [0.3, 0.4) is 0 Å². The highest BCUT2D eigenvalue weighted by Gasteiger charge is 2.34. The van der Waals surface area contributed by atoms with E-state index in [-0.39, 0.29) is 36.7 Å². The molecule has 4 N–H and O–H groups in total. The van der Waals surface area contributed by atoms with Crippen molar-refractivity contribution in [3.8, 4) is 0 Å². The molecule has 1 saturated heterocycles. The van der Waals surface area contributed by atoms with Gasteiger partial charge < -0.3 is 26.0 Å². The van der Waals surface area contributed by atoms with Gasteiger partial charge in [0.1, 0.15) is 6.04 Å². The molecule has 2 fully saturated rings. The zero-order chi connectivity index (χ0) is 24.6. The highest BCUT2D eigenvalue weighted by atomic mass is 35.5. The molecule has 1 unspecified atom stereocenters. The molecule has 2 aliphatic rings. The molecule has 1 saturated carbocycles. The molecule has 1 aliphatic carbocycles. The van der Waals surface area contributed by atoms with E-state index in [2.05, 4.69) is 10.6 Å². The summed E-state index contributed by atoms with van der Waals surface area (Å²) < 4.78 is 5.78. The molecule has 1 aromatic rings. The molecule has 0 radical (unpaired) electrons. The van der Waals surface area contributed by atoms with E-state index in [9.17, 15) is 14.4 Å². The van der Waals surface area contributed by atoms with Gasteiger partial charge in [-0.1, -0.05) is 49.6 Å². The number of nitrogens with two attached hydrogens (primary N) is 1. The highest BCUT2D eigenvalue weighted by molar-refractivity contribution is 5.91. The van der Waals surface area contributed by atoms with E-state index in [1.165, 1.54) is 19.3 Å². The Morgan fingerprint density at radius 2 is 1.69 bits per heavy atom. The minimum atomic E-state index is -1.11. The van der Waals surface area contributed by atoms with E-state index in [0.717, 1.165) is 18.4 Å². The second-order valence-electron chi connectivity index (χ2n) is 10.2. The van der Waals surface area contributed by atoms with E-state index >= 15 is 0 Å². The van der Waals surface area contributed by atoms with E-state index in [1.54, 1.807) is 18.7 Å². The van der Waals surface area contributed by atoms with Gasteiger partial charge in [0, 0.05) is 25.0 Å². The number of carbonyl (C=O) groups excluding carboxylic acids is 3. The summed E-state index contributed by atoms with van der Waals surface area (Å²) in [5.41, 5.74) is 5.81. The monoisotopic (exact) mass is 508 g/mol. The first kappa shape index (κ1) is 29.1. The van der Waals surface area contributed by atoms with Gasteiger partial charge in [-0.05, 0) is 45.1 Å². The van der Waals surface area contributed by atoms with Crippen molar-refractivity contribution in [2.24, 2.45) is 11.7 Å². The van der Waals surface area contributed by atoms with Crippen molar-refractivity contribution in [2.45, 2.75) is 83.0 Å². The highest BCUT2D eigenvalue weighted by Crippen LogP contribution is 2.22. The summed E-state index contributed by atoms with van der Waals surface area (Å²) in [7, 11) is 0. The maximum atomic E-state index is 13.3. The van der Waals surface area contributed by atoms with Crippen molar-refractivity contribution in [3.63, 3.8) is 0 Å². The van der Waals surface area contributed by atoms with Crippen molar-refractivity contribution in [1.29, 1.82) is 0 Å². The molecule has 35 heavy (non-hydrogen) atoms. The van der Waals surface area contributed by atoms with Crippen LogP contribution < -0.4 is 16.4 Å². The summed E-state index contributed by atoms with van der Waals surface area (Å²) >= 11 is 0. The largest absolute Gasteiger partial charge is 0.374 e. The van der Waals surface area contributed by atoms with Gasteiger partial charge in [0.2, 0.25) is 17.7 Å². The molecule has 0 aromatic heterocycles. The molecule has 1 atom stereocenters. The molecular weight excluding hydrogens is 468 g/mol. The van der Waals surface area contributed by atoms with Gasteiger partial charge >= 0.3 is 0 Å². The van der Waals surface area contributed by atoms with Crippen LogP contribution in [0.5, 0.6) is 0 Å². The van der Waals surface area contributed by atoms with Gasteiger partial charge in [-0.25, -0.2) is 0 Å². The Hall–Kier alpha value is -2.16. The lowest BCUT2D eigenvalue weighted by Crippen LogP contribution is -2.58. The van der Waals surface area contributed by atoms with Crippen LogP contribution in [-0.4, -0.2) is 59.9 Å². The maximum absolute atomic E-state index is 13.3. The number of hydrogen-bond donors (Lipinski definition) is 3. The molecule has 0 spiro atoms. The fourth-order valence-corrected chi connectivity index (χ4v) is 4.54. The number of rotatable bonds is 9. The SMILES string of the molecule is CC(C)(N)C(=O)NC(COCc1ccccc1)C(=O)N1CCC(C(=O)NC2CCCCC2)CC1.Cl. The number of benzene rings is 1. The van der Waals surface area contributed by atoms with Crippen LogP contribution in [0.2, 0.25) is 0 Å². The topological polar surface area (TPSA) is 114 Å². The molecule has 1 heterocycles. The molecule has 196 valence electrons. The van der Waals surface area contributed by atoms with E-state index < -0.39 is 17.5 Å². The zero-order valence-electron chi connectivity index (χ0n) is 21.0. The first-order valence-corrected chi connectivity index (χ1v) is 12.5.